The maximum absolute atomic E-state index is 12.4. The number of benzene rings is 1. The van der Waals surface area contributed by atoms with Gasteiger partial charge in [0.25, 0.3) is 5.69 Å². The number of rotatable bonds is 8. The Kier molecular flexibility index (Phi) is 6.81. The van der Waals surface area contributed by atoms with Crippen LogP contribution in [0, 0.1) is 10.1 Å². The molecule has 0 saturated heterocycles. The van der Waals surface area contributed by atoms with Gasteiger partial charge in [0.2, 0.25) is 5.91 Å². The summed E-state index contributed by atoms with van der Waals surface area (Å²) in [7, 11) is 0. The van der Waals surface area contributed by atoms with Crippen LogP contribution in [-0.2, 0) is 11.3 Å². The molecule has 0 saturated carbocycles. The lowest BCUT2D eigenvalue weighted by Gasteiger charge is -2.13. The second-order valence-electron chi connectivity index (χ2n) is 5.49. The lowest BCUT2D eigenvalue weighted by Crippen LogP contribution is -2.24. The number of nitrogens with one attached hydrogen (secondary N) is 2. The van der Waals surface area contributed by atoms with Crippen molar-refractivity contribution >= 4 is 40.6 Å². The van der Waals surface area contributed by atoms with Crippen molar-refractivity contribution in [2.24, 2.45) is 0 Å². The van der Waals surface area contributed by atoms with Gasteiger partial charge in [-0.2, -0.15) is 0 Å². The predicted molar refractivity (Wildman–Crippen MR) is 99.8 cm³/mol. The van der Waals surface area contributed by atoms with Gasteiger partial charge in [-0.05, 0) is 19.4 Å². The van der Waals surface area contributed by atoms with Gasteiger partial charge in [-0.25, -0.2) is 9.89 Å². The molecule has 0 aliphatic carbocycles. The Morgan fingerprint density at radius 1 is 1.54 bits per heavy atom. The molecule has 0 radical (unpaired) electrons. The molecule has 0 aliphatic rings. The Hall–Kier alpha value is -2.33. The van der Waals surface area contributed by atoms with E-state index < -0.39 is 10.2 Å². The molecule has 2 rings (SSSR count). The van der Waals surface area contributed by atoms with Crippen LogP contribution in [0.3, 0.4) is 0 Å². The molecular formula is C15H18ClN5O4S. The number of nitro benzene ring substituents is 1. The highest BCUT2D eigenvalue weighted by molar-refractivity contribution is 8.00. The highest BCUT2D eigenvalue weighted by Crippen LogP contribution is 2.28. The number of aromatic amines is 1. The fourth-order valence-electron chi connectivity index (χ4n) is 2.07. The molecule has 0 spiro atoms. The molecule has 1 amide bonds. The van der Waals surface area contributed by atoms with Gasteiger partial charge in [-0.3, -0.25) is 19.5 Å². The van der Waals surface area contributed by atoms with Crippen LogP contribution in [0.15, 0.2) is 28.2 Å². The lowest BCUT2D eigenvalue weighted by molar-refractivity contribution is -0.384. The van der Waals surface area contributed by atoms with E-state index in [9.17, 15) is 19.7 Å². The summed E-state index contributed by atoms with van der Waals surface area (Å²) in [5.74, 6) is -0.358. The molecule has 1 heterocycles. The molecule has 9 nitrogen and oxygen atoms in total. The number of nitro groups is 1. The predicted octanol–water partition coefficient (Wildman–Crippen LogP) is 3.05. The van der Waals surface area contributed by atoms with E-state index in [0.29, 0.717) is 11.7 Å². The van der Waals surface area contributed by atoms with Crippen LogP contribution in [0.2, 0.25) is 5.02 Å². The maximum Gasteiger partial charge on any atom is 0.343 e. The van der Waals surface area contributed by atoms with Crippen molar-refractivity contribution < 1.29 is 9.72 Å². The normalized spacial score (nSPS) is 12.0. The highest BCUT2D eigenvalue weighted by atomic mass is 35.5. The quantitative estimate of drug-likeness (QED) is 0.399. The standard InChI is InChI=1S/C15H18ClN5O4S/c1-3-4-7-20-14(23)18-19-15(20)26-9(2)13(22)17-12-6-5-10(21(24)25)8-11(12)16/h5-6,8-9H,3-4,7H2,1-2H3,(H,17,22)(H,18,23). The third-order valence-electron chi connectivity index (χ3n) is 3.53. The van der Waals surface area contributed by atoms with Crippen molar-refractivity contribution in [1.29, 1.82) is 0 Å². The smallest absolute Gasteiger partial charge is 0.324 e. The number of anilines is 1. The van der Waals surface area contributed by atoms with Crippen molar-refractivity contribution in [2.75, 3.05) is 5.32 Å². The van der Waals surface area contributed by atoms with E-state index in [1.165, 1.54) is 22.8 Å². The van der Waals surface area contributed by atoms with Crippen LogP contribution >= 0.6 is 23.4 Å². The van der Waals surface area contributed by atoms with Gasteiger partial charge in [0.15, 0.2) is 5.16 Å². The molecule has 1 atom stereocenters. The number of amides is 1. The molecule has 140 valence electrons. The lowest BCUT2D eigenvalue weighted by atomic mass is 10.2. The van der Waals surface area contributed by atoms with Crippen LogP contribution in [0.1, 0.15) is 26.7 Å². The number of H-pyrrole nitrogens is 1. The zero-order valence-electron chi connectivity index (χ0n) is 14.2. The van der Waals surface area contributed by atoms with Crippen LogP contribution in [0.5, 0.6) is 0 Å². The van der Waals surface area contributed by atoms with Gasteiger partial charge < -0.3 is 5.32 Å². The summed E-state index contributed by atoms with van der Waals surface area (Å²) in [6, 6.07) is 3.81. The molecule has 1 aromatic carbocycles. The molecule has 2 aromatic rings. The first kappa shape index (κ1) is 20.0. The molecular weight excluding hydrogens is 382 g/mol. The van der Waals surface area contributed by atoms with Gasteiger partial charge in [0, 0.05) is 18.7 Å². The number of thioether (sulfide) groups is 1. The van der Waals surface area contributed by atoms with E-state index in [0.717, 1.165) is 24.6 Å². The third-order valence-corrected chi connectivity index (χ3v) is 4.93. The first-order chi connectivity index (χ1) is 12.3. The number of hydrogen-bond donors (Lipinski definition) is 2. The Labute approximate surface area is 158 Å². The highest BCUT2D eigenvalue weighted by Gasteiger charge is 2.20. The average Bonchev–Trinajstić information content (AvgIpc) is 2.94. The van der Waals surface area contributed by atoms with E-state index in [1.54, 1.807) is 6.92 Å². The van der Waals surface area contributed by atoms with Gasteiger partial charge in [0.05, 0.1) is 20.9 Å². The van der Waals surface area contributed by atoms with Crippen LogP contribution < -0.4 is 11.0 Å². The minimum absolute atomic E-state index is 0.0735. The summed E-state index contributed by atoms with van der Waals surface area (Å²) in [5, 5.41) is 19.6. The number of hydrogen-bond acceptors (Lipinski definition) is 6. The van der Waals surface area contributed by atoms with Crippen molar-refractivity contribution in [2.45, 2.75) is 43.6 Å². The number of unbranched alkanes of at least 4 members (excludes halogenated alkanes) is 1. The van der Waals surface area contributed by atoms with E-state index in [2.05, 4.69) is 15.5 Å². The number of carbonyl (C=O) groups excluding carboxylic acids is 1. The fraction of sp³-hybridized carbons (Fsp3) is 0.400. The van der Waals surface area contributed by atoms with Crippen LogP contribution in [0.25, 0.3) is 0 Å². The second kappa shape index (κ2) is 8.86. The van der Waals surface area contributed by atoms with Gasteiger partial charge in [-0.15, -0.1) is 5.10 Å². The maximum atomic E-state index is 12.4. The van der Waals surface area contributed by atoms with Crippen molar-refractivity contribution in [1.82, 2.24) is 14.8 Å². The molecule has 1 aromatic heterocycles. The summed E-state index contributed by atoms with van der Waals surface area (Å²) in [5.41, 5.74) is -0.195. The minimum atomic E-state index is -0.566. The summed E-state index contributed by atoms with van der Waals surface area (Å²) in [4.78, 5) is 34.3. The number of aromatic nitrogens is 3. The fourth-order valence-corrected chi connectivity index (χ4v) is 3.18. The number of halogens is 1. The first-order valence-corrected chi connectivity index (χ1v) is 9.16. The zero-order valence-corrected chi connectivity index (χ0v) is 15.8. The van der Waals surface area contributed by atoms with E-state index in [1.807, 2.05) is 6.92 Å². The Morgan fingerprint density at radius 2 is 2.27 bits per heavy atom. The first-order valence-electron chi connectivity index (χ1n) is 7.90. The molecule has 0 aliphatic heterocycles. The topological polar surface area (TPSA) is 123 Å². The Morgan fingerprint density at radius 3 is 2.88 bits per heavy atom. The van der Waals surface area contributed by atoms with Gasteiger partial charge >= 0.3 is 5.69 Å². The van der Waals surface area contributed by atoms with E-state index in [-0.39, 0.29) is 28.0 Å². The summed E-state index contributed by atoms with van der Waals surface area (Å²) in [6.45, 7) is 4.21. The van der Waals surface area contributed by atoms with Crippen molar-refractivity contribution in [3.05, 3.63) is 43.8 Å². The van der Waals surface area contributed by atoms with Gasteiger partial charge in [0.1, 0.15) is 0 Å². The summed E-state index contributed by atoms with van der Waals surface area (Å²) >= 11 is 7.12. The SMILES string of the molecule is CCCCn1c(SC(C)C(=O)Nc2ccc([N+](=O)[O-])cc2Cl)n[nH]c1=O. The largest absolute Gasteiger partial charge is 0.343 e. The Bertz CT molecular complexity index is 866. The number of non-ortho nitro benzene ring substituents is 1. The molecule has 0 fully saturated rings. The third kappa shape index (κ3) is 4.85. The molecule has 2 N–H and O–H groups in total. The second-order valence-corrected chi connectivity index (χ2v) is 7.20. The molecule has 1 unspecified atom stereocenters. The zero-order chi connectivity index (χ0) is 19.3. The van der Waals surface area contributed by atoms with E-state index in [4.69, 9.17) is 11.6 Å². The van der Waals surface area contributed by atoms with Gasteiger partial charge in [-0.1, -0.05) is 36.7 Å². The average molecular weight is 400 g/mol. The molecule has 0 bridgehead atoms. The van der Waals surface area contributed by atoms with Crippen LogP contribution in [0.4, 0.5) is 11.4 Å². The monoisotopic (exact) mass is 399 g/mol. The Balaban J connectivity index is 2.07. The van der Waals surface area contributed by atoms with Crippen LogP contribution in [-0.4, -0.2) is 30.8 Å². The van der Waals surface area contributed by atoms with Crippen molar-refractivity contribution in [3.63, 3.8) is 0 Å². The van der Waals surface area contributed by atoms with Crippen molar-refractivity contribution in [3.8, 4) is 0 Å². The number of nitrogens with zero attached hydrogens (tertiary/aromatic N) is 3. The molecule has 11 heteroatoms. The summed E-state index contributed by atoms with van der Waals surface area (Å²) in [6.07, 6.45) is 1.75. The molecule has 26 heavy (non-hydrogen) atoms. The number of carbonyl (C=O) groups is 1. The summed E-state index contributed by atoms with van der Waals surface area (Å²) < 4.78 is 1.50. The van der Waals surface area contributed by atoms with E-state index >= 15 is 0 Å². The minimum Gasteiger partial charge on any atom is -0.324 e.